The Labute approximate surface area is 185 Å². The molecule has 0 radical (unpaired) electrons. The van der Waals surface area contributed by atoms with Crippen molar-refractivity contribution >= 4 is 33.4 Å². The molecular weight excluding hydrogens is 410 g/mol. The van der Waals surface area contributed by atoms with Crippen molar-refractivity contribution < 1.29 is 14.3 Å². The molecule has 4 rings (SSSR count). The van der Waals surface area contributed by atoms with E-state index in [1.165, 1.54) is 11.3 Å². The normalized spacial score (nSPS) is 17.8. The van der Waals surface area contributed by atoms with E-state index in [9.17, 15) is 9.59 Å². The smallest absolute Gasteiger partial charge is 0.279 e. The Hall–Kier alpha value is -2.77. The Morgan fingerprint density at radius 3 is 2.65 bits per heavy atom. The van der Waals surface area contributed by atoms with Gasteiger partial charge >= 0.3 is 0 Å². The predicted molar refractivity (Wildman–Crippen MR) is 122 cm³/mol. The molecule has 6 nitrogen and oxygen atoms in total. The zero-order valence-corrected chi connectivity index (χ0v) is 18.9. The minimum Gasteiger partial charge on any atom is -0.376 e. The molecule has 2 amide bonds. The first kappa shape index (κ1) is 21.5. The van der Waals surface area contributed by atoms with Gasteiger partial charge in [-0.15, -0.1) is 0 Å². The second-order valence-corrected chi connectivity index (χ2v) is 9.07. The SMILES string of the molecule is Cc1ccc(C(=O)N=c2sc3cc(C)ccc3n2[C@H](C)C(=O)NC[C@H]2CCCO2)cc1. The van der Waals surface area contributed by atoms with Crippen molar-refractivity contribution in [3.8, 4) is 0 Å². The molecule has 1 fully saturated rings. The van der Waals surface area contributed by atoms with Crippen LogP contribution in [-0.2, 0) is 9.53 Å². The maximum atomic E-state index is 12.9. The molecule has 3 aromatic rings. The number of hydrogen-bond donors (Lipinski definition) is 1. The van der Waals surface area contributed by atoms with Crippen molar-refractivity contribution in [3.63, 3.8) is 0 Å². The van der Waals surface area contributed by atoms with Gasteiger partial charge in [0.15, 0.2) is 4.80 Å². The lowest BCUT2D eigenvalue weighted by Gasteiger charge is -2.17. The Kier molecular flexibility index (Phi) is 6.34. The molecule has 0 aliphatic carbocycles. The van der Waals surface area contributed by atoms with Crippen LogP contribution in [0, 0.1) is 13.8 Å². The van der Waals surface area contributed by atoms with Gasteiger partial charge in [0.25, 0.3) is 5.91 Å². The average molecular weight is 438 g/mol. The van der Waals surface area contributed by atoms with Gasteiger partial charge in [-0.1, -0.05) is 35.1 Å². The minimum atomic E-state index is -0.512. The lowest BCUT2D eigenvalue weighted by atomic mass is 10.1. The molecule has 7 heteroatoms. The van der Waals surface area contributed by atoms with Crippen molar-refractivity contribution in [2.75, 3.05) is 13.2 Å². The first-order chi connectivity index (χ1) is 14.9. The van der Waals surface area contributed by atoms with Crippen LogP contribution in [0.5, 0.6) is 0 Å². The highest BCUT2D eigenvalue weighted by atomic mass is 32.1. The zero-order chi connectivity index (χ0) is 22.0. The molecule has 0 spiro atoms. The van der Waals surface area contributed by atoms with Crippen molar-refractivity contribution in [2.24, 2.45) is 4.99 Å². The summed E-state index contributed by atoms with van der Waals surface area (Å²) in [7, 11) is 0. The van der Waals surface area contributed by atoms with Crippen molar-refractivity contribution in [3.05, 3.63) is 64.0 Å². The summed E-state index contributed by atoms with van der Waals surface area (Å²) in [4.78, 5) is 30.7. The molecule has 0 bridgehead atoms. The number of ether oxygens (including phenoxy) is 1. The fraction of sp³-hybridized carbons (Fsp3) is 0.375. The van der Waals surface area contributed by atoms with E-state index in [0.29, 0.717) is 16.9 Å². The van der Waals surface area contributed by atoms with E-state index in [4.69, 9.17) is 4.74 Å². The number of rotatable bonds is 5. The van der Waals surface area contributed by atoms with Crippen LogP contribution < -0.4 is 10.1 Å². The molecule has 1 aromatic heterocycles. The van der Waals surface area contributed by atoms with E-state index in [0.717, 1.165) is 40.8 Å². The Morgan fingerprint density at radius 2 is 1.94 bits per heavy atom. The third-order valence-corrected chi connectivity index (χ3v) is 6.59. The third kappa shape index (κ3) is 4.78. The largest absolute Gasteiger partial charge is 0.376 e. The van der Waals surface area contributed by atoms with Gasteiger partial charge in [-0.2, -0.15) is 4.99 Å². The second-order valence-electron chi connectivity index (χ2n) is 8.06. The fourth-order valence-electron chi connectivity index (χ4n) is 3.74. The van der Waals surface area contributed by atoms with E-state index in [1.54, 1.807) is 12.1 Å². The highest BCUT2D eigenvalue weighted by Crippen LogP contribution is 2.23. The number of carbonyl (C=O) groups is 2. The molecule has 0 unspecified atom stereocenters. The molecule has 1 aliphatic heterocycles. The molecule has 0 saturated carbocycles. The summed E-state index contributed by atoms with van der Waals surface area (Å²) >= 11 is 1.42. The van der Waals surface area contributed by atoms with Crippen LogP contribution in [0.4, 0.5) is 0 Å². The van der Waals surface area contributed by atoms with Gasteiger partial charge in [0.1, 0.15) is 6.04 Å². The summed E-state index contributed by atoms with van der Waals surface area (Å²) in [5.74, 6) is -0.427. The molecule has 2 aromatic carbocycles. The van der Waals surface area contributed by atoms with Crippen LogP contribution in [0.15, 0.2) is 47.5 Å². The average Bonchev–Trinajstić information content (AvgIpc) is 3.39. The van der Waals surface area contributed by atoms with Crippen molar-refractivity contribution in [2.45, 2.75) is 45.8 Å². The van der Waals surface area contributed by atoms with E-state index < -0.39 is 6.04 Å². The van der Waals surface area contributed by atoms with Crippen LogP contribution in [0.1, 0.15) is 47.3 Å². The quantitative estimate of drug-likeness (QED) is 0.658. The van der Waals surface area contributed by atoms with Crippen LogP contribution in [0.3, 0.4) is 0 Å². The summed E-state index contributed by atoms with van der Waals surface area (Å²) < 4.78 is 8.46. The number of aryl methyl sites for hydroxylation is 2. The van der Waals surface area contributed by atoms with Crippen LogP contribution in [-0.4, -0.2) is 35.6 Å². The van der Waals surface area contributed by atoms with Crippen molar-refractivity contribution in [1.29, 1.82) is 0 Å². The number of nitrogens with zero attached hydrogens (tertiary/aromatic N) is 2. The summed E-state index contributed by atoms with van der Waals surface area (Å²) in [6.07, 6.45) is 2.08. The Morgan fingerprint density at radius 1 is 1.19 bits per heavy atom. The molecule has 1 saturated heterocycles. The Balaban J connectivity index is 1.69. The topological polar surface area (TPSA) is 72.7 Å². The first-order valence-corrected chi connectivity index (χ1v) is 11.4. The van der Waals surface area contributed by atoms with Crippen LogP contribution >= 0.6 is 11.3 Å². The van der Waals surface area contributed by atoms with Gasteiger partial charge in [-0.25, -0.2) is 0 Å². The van der Waals surface area contributed by atoms with Gasteiger partial charge < -0.3 is 14.6 Å². The summed E-state index contributed by atoms with van der Waals surface area (Å²) in [6.45, 7) is 7.09. The molecular formula is C24H27N3O3S. The standard InChI is InChI=1S/C24H27N3O3S/c1-15-6-9-18(10-7-15)23(29)26-24-27(20-11-8-16(2)13-21(20)31-24)17(3)22(28)25-14-19-5-4-12-30-19/h6-11,13,17,19H,4-5,12,14H2,1-3H3,(H,25,28)/t17-,19-/m1/s1. The number of nitrogens with one attached hydrogen (secondary N) is 1. The Bertz CT molecular complexity index is 1170. The number of aromatic nitrogens is 1. The van der Waals surface area contributed by atoms with Gasteiger partial charge in [0, 0.05) is 18.7 Å². The molecule has 2 atom stereocenters. The number of fused-ring (bicyclic) bond motifs is 1. The summed E-state index contributed by atoms with van der Waals surface area (Å²) in [6, 6.07) is 12.9. The number of carbonyl (C=O) groups excluding carboxylic acids is 2. The second kappa shape index (κ2) is 9.16. The van der Waals surface area contributed by atoms with Crippen LogP contribution in [0.25, 0.3) is 10.2 Å². The molecule has 1 aliphatic rings. The number of hydrogen-bond acceptors (Lipinski definition) is 4. The van der Waals surface area contributed by atoms with E-state index in [2.05, 4.69) is 16.4 Å². The lowest BCUT2D eigenvalue weighted by Crippen LogP contribution is -2.38. The van der Waals surface area contributed by atoms with Gasteiger partial charge in [-0.05, 0) is 63.4 Å². The number of amides is 2. The third-order valence-electron chi connectivity index (χ3n) is 5.57. The van der Waals surface area contributed by atoms with E-state index in [-0.39, 0.29) is 17.9 Å². The van der Waals surface area contributed by atoms with Crippen LogP contribution in [0.2, 0.25) is 0 Å². The van der Waals surface area contributed by atoms with E-state index >= 15 is 0 Å². The highest BCUT2D eigenvalue weighted by molar-refractivity contribution is 7.16. The molecule has 31 heavy (non-hydrogen) atoms. The zero-order valence-electron chi connectivity index (χ0n) is 18.1. The number of thiazole rings is 1. The minimum absolute atomic E-state index is 0.0790. The fourth-order valence-corrected chi connectivity index (χ4v) is 4.93. The van der Waals surface area contributed by atoms with Gasteiger partial charge in [0.05, 0.1) is 16.3 Å². The summed E-state index contributed by atoms with van der Waals surface area (Å²) in [5, 5.41) is 3.00. The lowest BCUT2D eigenvalue weighted by molar-refractivity contribution is -0.124. The highest BCUT2D eigenvalue weighted by Gasteiger charge is 2.22. The molecule has 1 N–H and O–H groups in total. The first-order valence-electron chi connectivity index (χ1n) is 10.6. The molecule has 162 valence electrons. The van der Waals surface area contributed by atoms with Gasteiger partial charge in [-0.3, -0.25) is 9.59 Å². The summed E-state index contributed by atoms with van der Waals surface area (Å²) in [5.41, 5.74) is 3.63. The van der Waals surface area contributed by atoms with Crippen molar-refractivity contribution in [1.82, 2.24) is 9.88 Å². The molecule has 2 heterocycles. The predicted octanol–water partition coefficient (Wildman–Crippen LogP) is 3.92. The monoisotopic (exact) mass is 437 g/mol. The maximum Gasteiger partial charge on any atom is 0.279 e. The van der Waals surface area contributed by atoms with Gasteiger partial charge in [0.2, 0.25) is 5.91 Å². The maximum absolute atomic E-state index is 12.9. The number of benzene rings is 2. The van der Waals surface area contributed by atoms with E-state index in [1.807, 2.05) is 49.6 Å².